The van der Waals surface area contributed by atoms with Crippen LogP contribution in [-0.4, -0.2) is 31.8 Å². The van der Waals surface area contributed by atoms with E-state index in [0.717, 1.165) is 32.6 Å². The van der Waals surface area contributed by atoms with Crippen molar-refractivity contribution in [1.82, 2.24) is 5.32 Å². The third-order valence-corrected chi connectivity index (χ3v) is 2.43. The molecule has 1 unspecified atom stereocenters. The summed E-state index contributed by atoms with van der Waals surface area (Å²) in [6.07, 6.45) is 2.05. The Hall–Kier alpha value is -0.120. The zero-order valence-corrected chi connectivity index (χ0v) is 9.23. The average Bonchev–Trinajstić information content (AvgIpc) is 2.15. The van der Waals surface area contributed by atoms with Gasteiger partial charge in [0, 0.05) is 12.1 Å². The van der Waals surface area contributed by atoms with Gasteiger partial charge >= 0.3 is 0 Å². The first-order chi connectivity index (χ1) is 6.24. The Bertz CT molecular complexity index is 111. The highest BCUT2D eigenvalue weighted by molar-refractivity contribution is 4.86. The van der Waals surface area contributed by atoms with Crippen LogP contribution in [-0.2, 0) is 4.74 Å². The average molecular weight is 188 g/mol. The summed E-state index contributed by atoms with van der Waals surface area (Å²) in [5, 5.41) is 3.48. The summed E-state index contributed by atoms with van der Waals surface area (Å²) in [4.78, 5) is 0. The molecule has 0 aromatic heterocycles. The minimum atomic E-state index is 0.0967. The Kier molecular flexibility index (Phi) is 7.23. The molecule has 80 valence electrons. The molecule has 0 spiro atoms. The Morgan fingerprint density at radius 2 is 2.00 bits per heavy atom. The number of hydrogen-bond acceptors (Lipinski definition) is 3. The van der Waals surface area contributed by atoms with Gasteiger partial charge in [-0.1, -0.05) is 13.8 Å². The second kappa shape index (κ2) is 7.30. The summed E-state index contributed by atoms with van der Waals surface area (Å²) < 4.78 is 5.48. The summed E-state index contributed by atoms with van der Waals surface area (Å²) in [5.74, 6) is 0. The lowest BCUT2D eigenvalue weighted by Crippen LogP contribution is -2.50. The molecule has 0 bridgehead atoms. The van der Waals surface area contributed by atoms with Crippen LogP contribution in [0.25, 0.3) is 0 Å². The fraction of sp³-hybridized carbons (Fsp3) is 1.00. The minimum Gasteiger partial charge on any atom is -0.380 e. The number of nitrogens with one attached hydrogen (secondary N) is 1. The molecule has 3 nitrogen and oxygen atoms in total. The van der Waals surface area contributed by atoms with Gasteiger partial charge in [0.25, 0.3) is 0 Å². The van der Waals surface area contributed by atoms with Crippen molar-refractivity contribution < 1.29 is 4.74 Å². The molecule has 13 heavy (non-hydrogen) atoms. The molecule has 0 aromatic rings. The molecule has 0 saturated heterocycles. The van der Waals surface area contributed by atoms with Gasteiger partial charge in [-0.2, -0.15) is 0 Å². The molecule has 0 fully saturated rings. The molecule has 0 saturated carbocycles. The van der Waals surface area contributed by atoms with Crippen LogP contribution < -0.4 is 11.1 Å². The molecule has 1 atom stereocenters. The smallest absolute Gasteiger partial charge is 0.0648 e. The van der Waals surface area contributed by atoms with Crippen LogP contribution in [0.1, 0.15) is 33.6 Å². The molecule has 0 amide bonds. The van der Waals surface area contributed by atoms with Gasteiger partial charge in [0.15, 0.2) is 0 Å². The van der Waals surface area contributed by atoms with E-state index in [-0.39, 0.29) is 5.54 Å². The van der Waals surface area contributed by atoms with E-state index in [1.807, 2.05) is 6.92 Å². The predicted molar refractivity (Wildman–Crippen MR) is 56.9 cm³/mol. The predicted octanol–water partition coefficient (Wildman–Crippen LogP) is 1.13. The fourth-order valence-corrected chi connectivity index (χ4v) is 1.56. The maximum atomic E-state index is 5.60. The first-order valence-corrected chi connectivity index (χ1v) is 5.27. The molecule has 0 rings (SSSR count). The highest BCUT2D eigenvalue weighted by Crippen LogP contribution is 2.14. The largest absolute Gasteiger partial charge is 0.380 e. The summed E-state index contributed by atoms with van der Waals surface area (Å²) in [7, 11) is 0. The summed E-state index contributed by atoms with van der Waals surface area (Å²) >= 11 is 0. The summed E-state index contributed by atoms with van der Waals surface area (Å²) in [5.41, 5.74) is 5.69. The maximum Gasteiger partial charge on any atom is 0.0648 e. The van der Waals surface area contributed by atoms with Crippen molar-refractivity contribution in [3.05, 3.63) is 0 Å². The van der Waals surface area contributed by atoms with Gasteiger partial charge in [-0.25, -0.2) is 0 Å². The number of likely N-dealkylation sites (N-methyl/N-ethyl adjacent to an activating group) is 1. The van der Waals surface area contributed by atoms with Gasteiger partial charge < -0.3 is 15.8 Å². The number of nitrogens with two attached hydrogens (primary N) is 1. The molecule has 0 heterocycles. The summed E-state index contributed by atoms with van der Waals surface area (Å²) in [6.45, 7) is 9.55. The molecule has 0 radical (unpaired) electrons. The third kappa shape index (κ3) is 4.60. The van der Waals surface area contributed by atoms with E-state index in [4.69, 9.17) is 10.5 Å². The van der Waals surface area contributed by atoms with E-state index < -0.39 is 0 Å². The van der Waals surface area contributed by atoms with Crippen molar-refractivity contribution in [3.8, 4) is 0 Å². The van der Waals surface area contributed by atoms with E-state index in [0.29, 0.717) is 6.54 Å². The highest BCUT2D eigenvalue weighted by atomic mass is 16.5. The van der Waals surface area contributed by atoms with Crippen LogP contribution in [0.4, 0.5) is 0 Å². The Balaban J connectivity index is 4.07. The topological polar surface area (TPSA) is 47.3 Å². The molecule has 3 N–H and O–H groups in total. The monoisotopic (exact) mass is 188 g/mol. The zero-order valence-electron chi connectivity index (χ0n) is 9.23. The van der Waals surface area contributed by atoms with Crippen molar-refractivity contribution in [3.63, 3.8) is 0 Å². The second-order valence-corrected chi connectivity index (χ2v) is 3.34. The maximum absolute atomic E-state index is 5.60. The molecule has 3 heteroatoms. The van der Waals surface area contributed by atoms with E-state index in [9.17, 15) is 0 Å². The van der Waals surface area contributed by atoms with Crippen LogP contribution in [0.3, 0.4) is 0 Å². The van der Waals surface area contributed by atoms with Gasteiger partial charge in [0.05, 0.1) is 6.61 Å². The highest BCUT2D eigenvalue weighted by Gasteiger charge is 2.25. The van der Waals surface area contributed by atoms with Crippen molar-refractivity contribution in [2.45, 2.75) is 39.2 Å². The normalized spacial score (nSPS) is 15.7. The molecule has 0 aliphatic rings. The molecule has 0 aliphatic heterocycles. The van der Waals surface area contributed by atoms with Gasteiger partial charge in [0.2, 0.25) is 0 Å². The first kappa shape index (κ1) is 12.9. The quantitative estimate of drug-likeness (QED) is 0.600. The Morgan fingerprint density at radius 3 is 2.38 bits per heavy atom. The van der Waals surface area contributed by atoms with Gasteiger partial charge in [-0.3, -0.25) is 0 Å². The SMILES string of the molecule is CCNC(CC)(CCN)COCC. The lowest BCUT2D eigenvalue weighted by molar-refractivity contribution is 0.0710. The Morgan fingerprint density at radius 1 is 1.31 bits per heavy atom. The van der Waals surface area contributed by atoms with Crippen molar-refractivity contribution in [2.24, 2.45) is 5.73 Å². The van der Waals surface area contributed by atoms with Crippen LogP contribution in [0.5, 0.6) is 0 Å². The van der Waals surface area contributed by atoms with E-state index in [1.54, 1.807) is 0 Å². The van der Waals surface area contributed by atoms with E-state index in [1.165, 1.54) is 0 Å². The van der Waals surface area contributed by atoms with Gasteiger partial charge in [0.1, 0.15) is 0 Å². The second-order valence-electron chi connectivity index (χ2n) is 3.34. The van der Waals surface area contributed by atoms with Crippen LogP contribution in [0.15, 0.2) is 0 Å². The van der Waals surface area contributed by atoms with E-state index >= 15 is 0 Å². The van der Waals surface area contributed by atoms with Crippen molar-refractivity contribution in [2.75, 3.05) is 26.3 Å². The van der Waals surface area contributed by atoms with Crippen LogP contribution in [0, 0.1) is 0 Å². The van der Waals surface area contributed by atoms with Crippen LogP contribution in [0.2, 0.25) is 0 Å². The van der Waals surface area contributed by atoms with E-state index in [2.05, 4.69) is 19.2 Å². The first-order valence-electron chi connectivity index (χ1n) is 5.27. The number of ether oxygens (including phenoxy) is 1. The number of hydrogen-bond donors (Lipinski definition) is 2. The lowest BCUT2D eigenvalue weighted by atomic mass is 9.93. The molecular weight excluding hydrogens is 164 g/mol. The Labute approximate surface area is 82.0 Å². The minimum absolute atomic E-state index is 0.0967. The van der Waals surface area contributed by atoms with Gasteiger partial charge in [-0.15, -0.1) is 0 Å². The number of rotatable bonds is 8. The van der Waals surface area contributed by atoms with Crippen molar-refractivity contribution in [1.29, 1.82) is 0 Å². The van der Waals surface area contributed by atoms with Crippen molar-refractivity contribution >= 4 is 0 Å². The third-order valence-electron chi connectivity index (χ3n) is 2.43. The zero-order chi connectivity index (χ0) is 10.2. The standard InChI is InChI=1S/C10H24N2O/c1-4-10(7-8-11,12-5-2)9-13-6-3/h12H,4-9,11H2,1-3H3. The van der Waals surface area contributed by atoms with Gasteiger partial charge in [-0.05, 0) is 32.9 Å². The molecule has 0 aliphatic carbocycles. The van der Waals surface area contributed by atoms with Crippen LogP contribution >= 0.6 is 0 Å². The summed E-state index contributed by atoms with van der Waals surface area (Å²) in [6, 6.07) is 0. The molecule has 0 aromatic carbocycles. The molecular formula is C10H24N2O. The fourth-order valence-electron chi connectivity index (χ4n) is 1.56. The lowest BCUT2D eigenvalue weighted by Gasteiger charge is -2.33.